The Balaban J connectivity index is 1.92. The SMILES string of the molecule is CC(=O)OC[C@H]1O[C@@H](n2ccc(-n3cncn3)nc2=O)[C@H](OC(C)=O)[C@@H]1CN. The Hall–Kier alpha value is -3.12. The third-order valence-corrected chi connectivity index (χ3v) is 4.26. The average molecular weight is 392 g/mol. The van der Waals surface area contributed by atoms with E-state index in [0.717, 1.165) is 0 Å². The topological polar surface area (TPSA) is 153 Å². The summed E-state index contributed by atoms with van der Waals surface area (Å²) < 4.78 is 18.8. The number of ether oxygens (including phenoxy) is 3. The molecule has 12 nitrogen and oxygen atoms in total. The predicted octanol–water partition coefficient (Wildman–Crippen LogP) is -1.21. The van der Waals surface area contributed by atoms with Crippen LogP contribution in [-0.2, 0) is 23.8 Å². The molecule has 0 unspecified atom stereocenters. The zero-order chi connectivity index (χ0) is 20.3. The Labute approximate surface area is 159 Å². The van der Waals surface area contributed by atoms with Gasteiger partial charge in [-0.05, 0) is 6.07 Å². The first-order valence-corrected chi connectivity index (χ1v) is 8.51. The first kappa shape index (κ1) is 19.6. The summed E-state index contributed by atoms with van der Waals surface area (Å²) in [7, 11) is 0. The molecule has 12 heteroatoms. The van der Waals surface area contributed by atoms with E-state index < -0.39 is 42.0 Å². The monoisotopic (exact) mass is 392 g/mol. The number of hydrogen-bond donors (Lipinski definition) is 1. The number of rotatable bonds is 6. The predicted molar refractivity (Wildman–Crippen MR) is 92.1 cm³/mol. The van der Waals surface area contributed by atoms with Gasteiger partial charge >= 0.3 is 17.6 Å². The lowest BCUT2D eigenvalue weighted by Gasteiger charge is -2.23. The van der Waals surface area contributed by atoms with Gasteiger partial charge in [0.25, 0.3) is 0 Å². The summed E-state index contributed by atoms with van der Waals surface area (Å²) in [6.45, 7) is 2.54. The van der Waals surface area contributed by atoms with Gasteiger partial charge in [0.15, 0.2) is 18.1 Å². The van der Waals surface area contributed by atoms with E-state index in [9.17, 15) is 14.4 Å². The molecule has 0 aromatic carbocycles. The third kappa shape index (κ3) is 4.07. The van der Waals surface area contributed by atoms with E-state index in [1.54, 1.807) is 6.07 Å². The van der Waals surface area contributed by atoms with Crippen molar-refractivity contribution in [3.8, 4) is 5.82 Å². The number of esters is 2. The normalized spacial score (nSPS) is 24.1. The number of nitrogens with zero attached hydrogens (tertiary/aromatic N) is 5. The molecule has 0 amide bonds. The highest BCUT2D eigenvalue weighted by molar-refractivity contribution is 5.66. The van der Waals surface area contributed by atoms with Crippen LogP contribution in [0.5, 0.6) is 0 Å². The highest BCUT2D eigenvalue weighted by Crippen LogP contribution is 2.35. The van der Waals surface area contributed by atoms with Gasteiger partial charge in [-0.15, -0.1) is 0 Å². The van der Waals surface area contributed by atoms with E-state index >= 15 is 0 Å². The van der Waals surface area contributed by atoms with Gasteiger partial charge in [0, 0.05) is 32.5 Å². The van der Waals surface area contributed by atoms with Crippen LogP contribution in [0.4, 0.5) is 0 Å². The Kier molecular flexibility index (Phi) is 5.80. The fourth-order valence-corrected chi connectivity index (χ4v) is 3.04. The molecular weight excluding hydrogens is 372 g/mol. The molecule has 4 atom stereocenters. The van der Waals surface area contributed by atoms with Gasteiger partial charge in [0.2, 0.25) is 0 Å². The number of nitrogens with two attached hydrogens (primary N) is 1. The Morgan fingerprint density at radius 2 is 2.11 bits per heavy atom. The molecule has 2 N–H and O–H groups in total. The van der Waals surface area contributed by atoms with Crippen LogP contribution in [0.1, 0.15) is 20.1 Å². The van der Waals surface area contributed by atoms with Gasteiger partial charge in [0.1, 0.15) is 25.4 Å². The molecule has 1 aliphatic rings. The highest BCUT2D eigenvalue weighted by Gasteiger charge is 2.47. The van der Waals surface area contributed by atoms with Gasteiger partial charge in [-0.25, -0.2) is 14.5 Å². The molecule has 1 saturated heterocycles. The summed E-state index contributed by atoms with van der Waals surface area (Å²) in [5, 5.41) is 3.92. The molecule has 0 saturated carbocycles. The summed E-state index contributed by atoms with van der Waals surface area (Å²) in [6, 6.07) is 1.54. The van der Waals surface area contributed by atoms with Gasteiger partial charge in [-0.1, -0.05) is 0 Å². The standard InChI is InChI=1S/C16H20N6O6/c1-9(23)26-6-12-11(5-17)14(27-10(2)24)15(28-12)21-4-3-13(20-16(21)25)22-8-18-7-19-22/h3-4,7-8,11-12,14-15H,5-6,17H2,1-2H3/t11-,12-,14-,15-/m1/s1. The van der Waals surface area contributed by atoms with Crippen LogP contribution in [0.3, 0.4) is 0 Å². The molecule has 2 aromatic rings. The summed E-state index contributed by atoms with van der Waals surface area (Å²) in [4.78, 5) is 43.1. The second-order valence-corrected chi connectivity index (χ2v) is 6.16. The van der Waals surface area contributed by atoms with Crippen molar-refractivity contribution in [2.45, 2.75) is 32.3 Å². The summed E-state index contributed by atoms with van der Waals surface area (Å²) >= 11 is 0. The quantitative estimate of drug-likeness (QED) is 0.592. The van der Waals surface area contributed by atoms with Gasteiger partial charge in [-0.2, -0.15) is 10.1 Å². The van der Waals surface area contributed by atoms with Crippen molar-refractivity contribution >= 4 is 11.9 Å². The Morgan fingerprint density at radius 3 is 2.68 bits per heavy atom. The van der Waals surface area contributed by atoms with Gasteiger partial charge in [0.05, 0.1) is 0 Å². The molecule has 28 heavy (non-hydrogen) atoms. The van der Waals surface area contributed by atoms with Crippen molar-refractivity contribution in [1.82, 2.24) is 24.3 Å². The molecule has 3 rings (SSSR count). The molecule has 0 aliphatic carbocycles. The molecule has 0 spiro atoms. The number of hydrogen-bond acceptors (Lipinski definition) is 10. The Morgan fingerprint density at radius 1 is 1.32 bits per heavy atom. The molecular formula is C16H20N6O6. The fourth-order valence-electron chi connectivity index (χ4n) is 3.04. The van der Waals surface area contributed by atoms with E-state index in [1.807, 2.05) is 0 Å². The van der Waals surface area contributed by atoms with Gasteiger partial charge < -0.3 is 19.9 Å². The van der Waals surface area contributed by atoms with E-state index in [1.165, 1.54) is 41.9 Å². The maximum atomic E-state index is 12.6. The lowest BCUT2D eigenvalue weighted by atomic mass is 9.98. The number of carbonyl (C=O) groups excluding carboxylic acids is 2. The zero-order valence-corrected chi connectivity index (χ0v) is 15.3. The maximum absolute atomic E-state index is 12.6. The highest BCUT2D eigenvalue weighted by atomic mass is 16.6. The molecule has 150 valence electrons. The second-order valence-electron chi connectivity index (χ2n) is 6.16. The summed E-state index contributed by atoms with van der Waals surface area (Å²) in [5.74, 6) is -1.24. The molecule has 1 aliphatic heterocycles. The zero-order valence-electron chi connectivity index (χ0n) is 15.3. The Bertz CT molecular complexity index is 897. The molecule has 3 heterocycles. The first-order valence-electron chi connectivity index (χ1n) is 8.51. The lowest BCUT2D eigenvalue weighted by molar-refractivity contribution is -0.154. The van der Waals surface area contributed by atoms with Crippen molar-refractivity contribution in [2.75, 3.05) is 13.2 Å². The minimum Gasteiger partial charge on any atom is -0.463 e. The summed E-state index contributed by atoms with van der Waals surface area (Å²) in [6.07, 6.45) is 1.71. The van der Waals surface area contributed by atoms with E-state index in [-0.39, 0.29) is 19.0 Å². The fraction of sp³-hybridized carbons (Fsp3) is 0.500. The lowest BCUT2D eigenvalue weighted by Crippen LogP contribution is -2.39. The second kappa shape index (κ2) is 8.27. The van der Waals surface area contributed by atoms with Crippen LogP contribution in [0.25, 0.3) is 5.82 Å². The van der Waals surface area contributed by atoms with Crippen molar-refractivity contribution in [2.24, 2.45) is 11.7 Å². The van der Waals surface area contributed by atoms with E-state index in [0.29, 0.717) is 0 Å². The van der Waals surface area contributed by atoms with Gasteiger partial charge in [-0.3, -0.25) is 14.2 Å². The van der Waals surface area contributed by atoms with Crippen molar-refractivity contribution < 1.29 is 23.8 Å². The van der Waals surface area contributed by atoms with Crippen LogP contribution in [0, 0.1) is 5.92 Å². The van der Waals surface area contributed by atoms with Crippen LogP contribution in [0.2, 0.25) is 0 Å². The average Bonchev–Trinajstić information content (AvgIpc) is 3.27. The molecule has 0 radical (unpaired) electrons. The van der Waals surface area contributed by atoms with Crippen molar-refractivity contribution in [3.05, 3.63) is 35.4 Å². The van der Waals surface area contributed by atoms with Crippen molar-refractivity contribution in [3.63, 3.8) is 0 Å². The van der Waals surface area contributed by atoms with Crippen LogP contribution < -0.4 is 11.4 Å². The maximum Gasteiger partial charge on any atom is 0.351 e. The smallest absolute Gasteiger partial charge is 0.351 e. The molecule has 2 aromatic heterocycles. The van der Waals surface area contributed by atoms with Crippen molar-refractivity contribution in [1.29, 1.82) is 0 Å². The largest absolute Gasteiger partial charge is 0.463 e. The molecule has 0 bridgehead atoms. The van der Waals surface area contributed by atoms with Crippen LogP contribution in [-0.4, -0.2) is 61.6 Å². The van der Waals surface area contributed by atoms with E-state index in [4.69, 9.17) is 19.9 Å². The molecule has 1 fully saturated rings. The minimum absolute atomic E-state index is 0.0787. The van der Waals surface area contributed by atoms with Crippen LogP contribution >= 0.6 is 0 Å². The summed E-state index contributed by atoms with van der Waals surface area (Å²) in [5.41, 5.74) is 5.19. The first-order chi connectivity index (χ1) is 13.4. The minimum atomic E-state index is -0.970. The van der Waals surface area contributed by atoms with E-state index in [2.05, 4.69) is 15.1 Å². The number of carbonyl (C=O) groups is 2. The number of aromatic nitrogens is 5. The third-order valence-electron chi connectivity index (χ3n) is 4.26. The van der Waals surface area contributed by atoms with Crippen LogP contribution in [0.15, 0.2) is 29.7 Å².